The van der Waals surface area contributed by atoms with Crippen LogP contribution in [0.15, 0.2) is 79.0 Å². The fourth-order valence-corrected chi connectivity index (χ4v) is 2.94. The Balaban J connectivity index is 1.77. The van der Waals surface area contributed by atoms with Gasteiger partial charge < -0.3 is 0 Å². The Bertz CT molecular complexity index is 1090. The molecule has 0 amide bonds. The van der Waals surface area contributed by atoms with Gasteiger partial charge in [-0.2, -0.15) is 13.2 Å². The van der Waals surface area contributed by atoms with Gasteiger partial charge in [0.2, 0.25) is 0 Å². The lowest BCUT2D eigenvalue weighted by molar-refractivity contribution is -0.137. The molecule has 2 aromatic heterocycles. The zero-order valence-electron chi connectivity index (χ0n) is 14.2. The summed E-state index contributed by atoms with van der Waals surface area (Å²) in [6, 6.07) is 20.6. The second-order valence-electron chi connectivity index (χ2n) is 6.10. The number of benzene rings is 2. The first-order valence-electron chi connectivity index (χ1n) is 8.40. The van der Waals surface area contributed by atoms with E-state index in [0.29, 0.717) is 11.4 Å². The van der Waals surface area contributed by atoms with Crippen LogP contribution in [0.3, 0.4) is 0 Å². The maximum Gasteiger partial charge on any atom is 0.416 e. The standard InChI is InChI=1S/C22H15F3N2/c23-22(24,25)18-12-10-17(11-13-18)21-26-19(20-8-4-5-15-27(20)21)14-9-16-6-2-1-3-7-16/h1-15H/b14-9+. The number of aromatic nitrogens is 2. The summed E-state index contributed by atoms with van der Waals surface area (Å²) >= 11 is 0. The van der Waals surface area contributed by atoms with Crippen molar-refractivity contribution in [2.24, 2.45) is 0 Å². The first-order valence-corrected chi connectivity index (χ1v) is 8.40. The number of fused-ring (bicyclic) bond motifs is 1. The summed E-state index contributed by atoms with van der Waals surface area (Å²) in [5.74, 6) is 0.604. The lowest BCUT2D eigenvalue weighted by Crippen LogP contribution is -2.04. The average Bonchev–Trinajstić information content (AvgIpc) is 3.05. The highest BCUT2D eigenvalue weighted by Gasteiger charge is 2.30. The van der Waals surface area contributed by atoms with E-state index >= 15 is 0 Å². The van der Waals surface area contributed by atoms with Gasteiger partial charge in [-0.1, -0.05) is 54.6 Å². The fourth-order valence-electron chi connectivity index (χ4n) is 2.94. The molecule has 4 aromatic rings. The molecule has 0 spiro atoms. The van der Waals surface area contributed by atoms with E-state index < -0.39 is 11.7 Å². The summed E-state index contributed by atoms with van der Waals surface area (Å²) in [6.45, 7) is 0. The molecule has 0 atom stereocenters. The van der Waals surface area contributed by atoms with E-state index in [1.54, 1.807) is 0 Å². The molecule has 0 saturated heterocycles. The Morgan fingerprint density at radius 2 is 1.48 bits per heavy atom. The predicted octanol–water partition coefficient (Wildman–Crippen LogP) is 6.19. The van der Waals surface area contributed by atoms with E-state index in [0.717, 1.165) is 28.9 Å². The predicted molar refractivity (Wildman–Crippen MR) is 101 cm³/mol. The van der Waals surface area contributed by atoms with Crippen molar-refractivity contribution < 1.29 is 13.2 Å². The second kappa shape index (κ2) is 6.76. The number of halogens is 3. The first-order chi connectivity index (χ1) is 13.0. The van der Waals surface area contributed by atoms with Crippen LogP contribution in [-0.2, 0) is 6.18 Å². The normalized spacial score (nSPS) is 12.1. The van der Waals surface area contributed by atoms with Crippen LogP contribution in [0.2, 0.25) is 0 Å². The van der Waals surface area contributed by atoms with Crippen LogP contribution in [0.5, 0.6) is 0 Å². The molecule has 4 rings (SSSR count). The van der Waals surface area contributed by atoms with E-state index in [-0.39, 0.29) is 0 Å². The molecule has 27 heavy (non-hydrogen) atoms. The van der Waals surface area contributed by atoms with Gasteiger partial charge in [0.05, 0.1) is 16.8 Å². The summed E-state index contributed by atoms with van der Waals surface area (Å²) in [5.41, 5.74) is 2.65. The highest BCUT2D eigenvalue weighted by atomic mass is 19.4. The van der Waals surface area contributed by atoms with Gasteiger partial charge in [0.1, 0.15) is 5.82 Å². The summed E-state index contributed by atoms with van der Waals surface area (Å²) in [4.78, 5) is 4.66. The van der Waals surface area contributed by atoms with Gasteiger partial charge in [-0.05, 0) is 35.9 Å². The number of imidazole rings is 1. The maximum absolute atomic E-state index is 12.8. The van der Waals surface area contributed by atoms with Crippen LogP contribution in [0.25, 0.3) is 29.1 Å². The number of rotatable bonds is 3. The van der Waals surface area contributed by atoms with Crippen LogP contribution in [0.4, 0.5) is 13.2 Å². The average molecular weight is 364 g/mol. The number of alkyl halides is 3. The van der Waals surface area contributed by atoms with Crippen molar-refractivity contribution in [2.45, 2.75) is 6.18 Å². The van der Waals surface area contributed by atoms with E-state index in [9.17, 15) is 13.2 Å². The molecule has 0 aliphatic rings. The lowest BCUT2D eigenvalue weighted by Gasteiger charge is -2.07. The van der Waals surface area contributed by atoms with Gasteiger partial charge in [-0.25, -0.2) is 4.98 Å². The van der Waals surface area contributed by atoms with E-state index in [1.165, 1.54) is 12.1 Å². The van der Waals surface area contributed by atoms with Gasteiger partial charge in [0.25, 0.3) is 0 Å². The summed E-state index contributed by atoms with van der Waals surface area (Å²) < 4.78 is 40.3. The molecule has 2 heterocycles. The SMILES string of the molecule is FC(F)(F)c1ccc(-c2nc(/C=C/c3ccccc3)c3ccccn23)cc1. The highest BCUT2D eigenvalue weighted by molar-refractivity contribution is 5.79. The second-order valence-corrected chi connectivity index (χ2v) is 6.10. The smallest absolute Gasteiger partial charge is 0.299 e. The minimum atomic E-state index is -4.35. The van der Waals surface area contributed by atoms with Gasteiger partial charge in [-0.15, -0.1) is 0 Å². The van der Waals surface area contributed by atoms with Gasteiger partial charge in [0, 0.05) is 11.8 Å². The van der Waals surface area contributed by atoms with Gasteiger partial charge in [-0.3, -0.25) is 4.40 Å². The molecule has 2 nitrogen and oxygen atoms in total. The first kappa shape index (κ1) is 17.1. The van der Waals surface area contributed by atoms with Crippen molar-refractivity contribution in [3.05, 3.63) is 95.8 Å². The van der Waals surface area contributed by atoms with Crippen LogP contribution < -0.4 is 0 Å². The largest absolute Gasteiger partial charge is 0.416 e. The molecule has 5 heteroatoms. The molecular formula is C22H15F3N2. The molecule has 0 unspecified atom stereocenters. The number of pyridine rings is 1. The van der Waals surface area contributed by atoms with Crippen LogP contribution >= 0.6 is 0 Å². The topological polar surface area (TPSA) is 17.3 Å². The maximum atomic E-state index is 12.8. The van der Waals surface area contributed by atoms with Crippen molar-refractivity contribution >= 4 is 17.7 Å². The third-order valence-electron chi connectivity index (χ3n) is 4.28. The number of nitrogens with zero attached hydrogens (tertiary/aromatic N) is 2. The van der Waals surface area contributed by atoms with Crippen molar-refractivity contribution in [3.63, 3.8) is 0 Å². The minimum absolute atomic E-state index is 0.604. The lowest BCUT2D eigenvalue weighted by atomic mass is 10.1. The molecule has 0 N–H and O–H groups in total. The monoisotopic (exact) mass is 364 g/mol. The third-order valence-corrected chi connectivity index (χ3v) is 4.28. The Morgan fingerprint density at radius 3 is 2.19 bits per heavy atom. The highest BCUT2D eigenvalue weighted by Crippen LogP contribution is 2.31. The number of hydrogen-bond donors (Lipinski definition) is 0. The van der Waals surface area contributed by atoms with Crippen LogP contribution in [-0.4, -0.2) is 9.38 Å². The fraction of sp³-hybridized carbons (Fsp3) is 0.0455. The van der Waals surface area contributed by atoms with E-state index in [1.807, 2.05) is 71.3 Å². The minimum Gasteiger partial charge on any atom is -0.299 e. The van der Waals surface area contributed by atoms with Crippen molar-refractivity contribution in [2.75, 3.05) is 0 Å². The Morgan fingerprint density at radius 1 is 0.778 bits per heavy atom. The van der Waals surface area contributed by atoms with Crippen molar-refractivity contribution in [1.29, 1.82) is 0 Å². The molecule has 2 aromatic carbocycles. The molecule has 0 saturated carbocycles. The molecule has 0 fully saturated rings. The molecule has 0 radical (unpaired) electrons. The summed E-state index contributed by atoms with van der Waals surface area (Å²) in [7, 11) is 0. The quantitative estimate of drug-likeness (QED) is 0.424. The van der Waals surface area contributed by atoms with Crippen molar-refractivity contribution in [3.8, 4) is 11.4 Å². The van der Waals surface area contributed by atoms with E-state index in [2.05, 4.69) is 4.98 Å². The zero-order valence-corrected chi connectivity index (χ0v) is 14.2. The van der Waals surface area contributed by atoms with E-state index in [4.69, 9.17) is 0 Å². The van der Waals surface area contributed by atoms with Crippen molar-refractivity contribution in [1.82, 2.24) is 9.38 Å². The zero-order chi connectivity index (χ0) is 18.9. The molecule has 0 aliphatic heterocycles. The van der Waals surface area contributed by atoms with Gasteiger partial charge >= 0.3 is 6.18 Å². The van der Waals surface area contributed by atoms with Crippen LogP contribution in [0.1, 0.15) is 16.8 Å². The number of hydrogen-bond acceptors (Lipinski definition) is 1. The molecule has 134 valence electrons. The summed E-state index contributed by atoms with van der Waals surface area (Å²) in [5, 5.41) is 0. The molecule has 0 bridgehead atoms. The molecular weight excluding hydrogens is 349 g/mol. The van der Waals surface area contributed by atoms with Gasteiger partial charge in [0.15, 0.2) is 0 Å². The Hall–Kier alpha value is -3.34. The van der Waals surface area contributed by atoms with Crippen LogP contribution in [0, 0.1) is 0 Å². The Labute approximate surface area is 154 Å². The Kier molecular flexibility index (Phi) is 4.28. The third kappa shape index (κ3) is 3.49. The molecule has 0 aliphatic carbocycles. The summed E-state index contributed by atoms with van der Waals surface area (Å²) in [6.07, 6.45) is 1.39.